The normalized spacial score (nSPS) is 16.7. The average molecular weight is 1240 g/mol. The first-order valence-electron chi connectivity index (χ1n) is 28.3. The van der Waals surface area contributed by atoms with Gasteiger partial charge in [0.2, 0.25) is 17.7 Å². The molecule has 4 fully saturated rings. The lowest BCUT2D eigenvalue weighted by Gasteiger charge is -2.33. The number of rotatable bonds is 8. The monoisotopic (exact) mass is 1240 g/mol. The molecule has 2 atom stereocenters. The Kier molecular flexibility index (Phi) is 21.3. The van der Waals surface area contributed by atoms with Crippen molar-refractivity contribution in [3.05, 3.63) is 192 Å². The maximum atomic E-state index is 13.0. The summed E-state index contributed by atoms with van der Waals surface area (Å²) >= 11 is 3.37. The molecule has 4 aliphatic rings. The second-order valence-corrected chi connectivity index (χ2v) is 21.3. The van der Waals surface area contributed by atoms with Crippen molar-refractivity contribution in [2.45, 2.75) is 70.1 Å². The van der Waals surface area contributed by atoms with Crippen molar-refractivity contribution in [3.63, 3.8) is 0 Å². The highest BCUT2D eigenvalue weighted by molar-refractivity contribution is 9.10. The molecule has 4 aromatic heterocycles. The van der Waals surface area contributed by atoms with Crippen LogP contribution in [0, 0.1) is 0 Å². The number of urea groups is 3. The summed E-state index contributed by atoms with van der Waals surface area (Å²) in [5.74, 6) is 0.943. The molecule has 0 bridgehead atoms. The van der Waals surface area contributed by atoms with E-state index in [1.54, 1.807) is 44.2 Å². The molecular formula is C66H67BrN8O12. The topological polar surface area (TPSA) is 262 Å². The van der Waals surface area contributed by atoms with E-state index in [9.17, 15) is 28.8 Å². The minimum absolute atomic E-state index is 0.135. The summed E-state index contributed by atoms with van der Waals surface area (Å²) in [5, 5.41) is 8.96. The molecule has 7 heterocycles. The summed E-state index contributed by atoms with van der Waals surface area (Å²) < 4.78 is 32.4. The van der Waals surface area contributed by atoms with Crippen LogP contribution in [0.4, 0.5) is 25.8 Å². The summed E-state index contributed by atoms with van der Waals surface area (Å²) in [6, 6.07) is 47.0. The lowest BCUT2D eigenvalue weighted by Crippen LogP contribution is -2.52. The van der Waals surface area contributed by atoms with Crippen molar-refractivity contribution in [1.29, 1.82) is 0 Å². The third-order valence-corrected chi connectivity index (χ3v) is 15.3. The summed E-state index contributed by atoms with van der Waals surface area (Å²) in [4.78, 5) is 76.8. The van der Waals surface area contributed by atoms with Gasteiger partial charge in [-0.3, -0.25) is 39.3 Å². The van der Waals surface area contributed by atoms with Gasteiger partial charge in [-0.25, -0.2) is 14.4 Å². The highest BCUT2D eigenvalue weighted by Crippen LogP contribution is 2.33. The average Bonchev–Trinajstić information content (AvgIpc) is 3.48. The fraction of sp³-hybridized carbons (Fsp3) is 0.242. The van der Waals surface area contributed by atoms with Crippen LogP contribution >= 0.6 is 15.9 Å². The number of nitrogens with one attached hydrogen (secondary N) is 2. The molecule has 10 aromatic rings. The van der Waals surface area contributed by atoms with Gasteiger partial charge in [-0.1, -0.05) is 91.7 Å². The van der Waals surface area contributed by atoms with Crippen LogP contribution in [-0.2, 0) is 27.5 Å². The van der Waals surface area contributed by atoms with E-state index in [-0.39, 0.29) is 54.8 Å². The Morgan fingerprint density at radius 1 is 0.517 bits per heavy atom. The van der Waals surface area contributed by atoms with Crippen LogP contribution in [0.25, 0.3) is 43.9 Å². The molecule has 3 saturated heterocycles. The number of fused-ring (bicyclic) bond motifs is 4. The Balaban J connectivity index is 0.000000131. The molecule has 3 aliphatic heterocycles. The number of furan rings is 4. The van der Waals surface area contributed by atoms with Crippen LogP contribution in [0.15, 0.2) is 199 Å². The quantitative estimate of drug-likeness (QED) is 0.110. The number of carbonyl (C=O) groups excluding carboxylic acids is 6. The van der Waals surface area contributed by atoms with Crippen LogP contribution < -0.4 is 41.4 Å². The Morgan fingerprint density at radius 3 is 1.53 bits per heavy atom. The molecule has 9 amide bonds. The Labute approximate surface area is 510 Å². The van der Waals surface area contributed by atoms with E-state index in [1.807, 2.05) is 152 Å². The van der Waals surface area contributed by atoms with Gasteiger partial charge in [-0.2, -0.15) is 0 Å². The number of carbonyl (C=O) groups is 6. The summed E-state index contributed by atoms with van der Waals surface area (Å²) in [6.07, 6.45) is 12.3. The lowest BCUT2D eigenvalue weighted by atomic mass is 9.92. The molecule has 20 nitrogen and oxygen atoms in total. The number of nitrogens with two attached hydrogens (primary N) is 2. The largest absolute Gasteiger partial charge is 0.497 e. The van der Waals surface area contributed by atoms with Crippen molar-refractivity contribution in [2.75, 3.05) is 43.7 Å². The minimum Gasteiger partial charge on any atom is -0.497 e. The number of imide groups is 3. The first kappa shape index (κ1) is 61.8. The molecule has 14 rings (SSSR count). The third kappa shape index (κ3) is 16.0. The van der Waals surface area contributed by atoms with Gasteiger partial charge in [0, 0.05) is 72.5 Å². The number of nitrogens with zero attached hydrogens (tertiary/aromatic N) is 4. The number of anilines is 2. The summed E-state index contributed by atoms with van der Waals surface area (Å²) in [7, 11) is 3.19. The number of hydrogen-bond acceptors (Lipinski definition) is 14. The van der Waals surface area contributed by atoms with Crippen LogP contribution in [0.3, 0.4) is 0 Å². The van der Waals surface area contributed by atoms with E-state index in [1.165, 1.54) is 27.5 Å². The van der Waals surface area contributed by atoms with E-state index in [0.29, 0.717) is 56.0 Å². The maximum Gasteiger partial charge on any atom is 0.331 e. The van der Waals surface area contributed by atoms with Crippen molar-refractivity contribution < 1.29 is 55.9 Å². The highest BCUT2D eigenvalue weighted by atomic mass is 79.9. The molecule has 6 aromatic carbocycles. The van der Waals surface area contributed by atoms with Gasteiger partial charge in [0.1, 0.15) is 52.6 Å². The fourth-order valence-corrected chi connectivity index (χ4v) is 10.3. The van der Waals surface area contributed by atoms with Gasteiger partial charge in [-0.05, 0) is 113 Å². The molecule has 21 heteroatoms. The number of amides is 9. The van der Waals surface area contributed by atoms with Gasteiger partial charge in [0.05, 0.1) is 49.4 Å². The zero-order chi connectivity index (χ0) is 61.2. The van der Waals surface area contributed by atoms with E-state index < -0.39 is 6.03 Å². The van der Waals surface area contributed by atoms with Crippen molar-refractivity contribution in [3.8, 4) is 11.5 Å². The molecule has 450 valence electrons. The third-order valence-electron chi connectivity index (χ3n) is 14.7. The van der Waals surface area contributed by atoms with Crippen LogP contribution in [0.5, 0.6) is 11.5 Å². The number of hydrogen-bond donors (Lipinski definition) is 4. The summed E-state index contributed by atoms with van der Waals surface area (Å²) in [6.45, 7) is 1.69. The SMILES string of the molecule is Brc1coc2ccccc12.COc1ccc(CN2C(=O)CCN(c3coc4ccccc34)C2=O)cc1.COc1ccc(CN2C(=O)CCNC2=O)cc1.N[C@@H]1CCCC[C@H]1N.O=C1CCN(c2coc3ccccc23)C(=O)N1.c1ccc2occc2c1. The van der Waals surface area contributed by atoms with Gasteiger partial charge in [0.15, 0.2) is 0 Å². The molecular weight excluding hydrogens is 1180 g/mol. The van der Waals surface area contributed by atoms with Crippen molar-refractivity contribution >= 4 is 107 Å². The Morgan fingerprint density at radius 2 is 1.00 bits per heavy atom. The summed E-state index contributed by atoms with van der Waals surface area (Å²) in [5.41, 5.74) is 17.8. The number of halogens is 1. The number of benzene rings is 6. The van der Waals surface area contributed by atoms with Gasteiger partial charge >= 0.3 is 18.1 Å². The van der Waals surface area contributed by atoms with Crippen LogP contribution in [0.1, 0.15) is 56.1 Å². The number of ether oxygens (including phenoxy) is 2. The van der Waals surface area contributed by atoms with Gasteiger partial charge < -0.3 is 43.9 Å². The molecule has 6 N–H and O–H groups in total. The Hall–Kier alpha value is -9.70. The van der Waals surface area contributed by atoms with Gasteiger partial charge in [0.25, 0.3) is 0 Å². The predicted octanol–water partition coefficient (Wildman–Crippen LogP) is 12.7. The zero-order valence-corrected chi connectivity index (χ0v) is 49.7. The van der Waals surface area contributed by atoms with Crippen LogP contribution in [-0.4, -0.2) is 91.6 Å². The smallest absolute Gasteiger partial charge is 0.331 e. The number of para-hydroxylation sites is 4. The lowest BCUT2D eigenvalue weighted by molar-refractivity contribution is -0.130. The highest BCUT2D eigenvalue weighted by Gasteiger charge is 2.34. The predicted molar refractivity (Wildman–Crippen MR) is 335 cm³/mol. The zero-order valence-electron chi connectivity index (χ0n) is 48.1. The molecule has 87 heavy (non-hydrogen) atoms. The van der Waals surface area contributed by atoms with E-state index >= 15 is 0 Å². The standard InChI is InChI=1S/C20H18N2O4.C12H10N2O3.C12H14N2O3.C8H5BrO.C8H6O.C6H14N2/c1-25-15-8-6-14(7-9-15)12-22-19(23)10-11-21(20(22)24)17-13-26-18-5-3-2-4-16(17)18;15-11-5-6-14(12(16)13-11)9-7-17-10-4-2-1-3-8(9)10;1-17-10-4-2-9(3-5-10)8-14-11(15)6-7-13-12(14)16;9-7-5-10-8-4-2-1-3-6(7)8;1-2-4-8-7(3-1)5-6-9-8;7-5-3-1-2-4-6(5)8/h2-9,13H,10-12H2,1H3;1-4,7H,5-6H2,(H,13,15,16);2-5H,6-8H2,1H3,(H,13,16);1-5H;1-6H;5-6H,1-4,7-8H2/t;;;;;5-,6-/m.....1/s1. The van der Waals surface area contributed by atoms with E-state index in [2.05, 4.69) is 26.6 Å². The molecule has 0 unspecified atom stereocenters. The van der Waals surface area contributed by atoms with Crippen LogP contribution in [0.2, 0.25) is 0 Å². The Bertz CT molecular complexity index is 3890. The molecule has 0 spiro atoms. The van der Waals surface area contributed by atoms with E-state index in [4.69, 9.17) is 38.6 Å². The fourth-order valence-electron chi connectivity index (χ4n) is 9.86. The second kappa shape index (κ2) is 29.9. The molecule has 0 radical (unpaired) electrons. The molecule has 1 aliphatic carbocycles. The first-order chi connectivity index (χ1) is 42.3. The molecule has 1 saturated carbocycles. The van der Waals surface area contributed by atoms with Crippen molar-refractivity contribution in [1.82, 2.24) is 20.4 Å². The maximum absolute atomic E-state index is 13.0. The minimum atomic E-state index is -0.396. The first-order valence-corrected chi connectivity index (χ1v) is 29.1. The number of methoxy groups -OCH3 is 2. The second-order valence-electron chi connectivity index (χ2n) is 20.5. The van der Waals surface area contributed by atoms with Crippen molar-refractivity contribution in [2.24, 2.45) is 11.5 Å². The van der Waals surface area contributed by atoms with E-state index in [0.717, 1.165) is 78.2 Å². The van der Waals surface area contributed by atoms with Gasteiger partial charge in [-0.15, -0.1) is 0 Å².